The van der Waals surface area contributed by atoms with E-state index in [2.05, 4.69) is 15.5 Å². The largest absolute Gasteiger partial charge is 0.351 e. The minimum absolute atomic E-state index is 0.0180. The van der Waals surface area contributed by atoms with Crippen LogP contribution in [0.15, 0.2) is 65.7 Å². The average Bonchev–Trinajstić information content (AvgIpc) is 2.72. The summed E-state index contributed by atoms with van der Waals surface area (Å²) in [5.74, 6) is -0.344. The molecule has 0 aliphatic rings. The summed E-state index contributed by atoms with van der Waals surface area (Å²) in [4.78, 5) is 22.3. The number of aromatic nitrogens is 2. The first-order valence-corrected chi connectivity index (χ1v) is 9.22. The van der Waals surface area contributed by atoms with Crippen LogP contribution in [0.25, 0.3) is 11.3 Å². The third-order valence-corrected chi connectivity index (χ3v) is 4.67. The number of benzene rings is 2. The quantitative estimate of drug-likeness (QED) is 0.371. The van der Waals surface area contributed by atoms with E-state index < -0.39 is 4.92 Å². The molecular formula is C19H15FN4O3S. The Morgan fingerprint density at radius 1 is 1.11 bits per heavy atom. The van der Waals surface area contributed by atoms with Crippen LogP contribution in [0.3, 0.4) is 0 Å². The number of hydrogen-bond donors (Lipinski definition) is 1. The summed E-state index contributed by atoms with van der Waals surface area (Å²) < 4.78 is 12.9. The third-order valence-electron chi connectivity index (χ3n) is 3.75. The van der Waals surface area contributed by atoms with Crippen LogP contribution in [0.4, 0.5) is 10.1 Å². The van der Waals surface area contributed by atoms with E-state index >= 15 is 0 Å². The molecule has 28 heavy (non-hydrogen) atoms. The highest BCUT2D eigenvalue weighted by atomic mass is 32.2. The Morgan fingerprint density at radius 2 is 1.89 bits per heavy atom. The van der Waals surface area contributed by atoms with Crippen molar-refractivity contribution in [1.82, 2.24) is 15.5 Å². The van der Waals surface area contributed by atoms with Crippen molar-refractivity contribution in [2.45, 2.75) is 11.6 Å². The number of halogens is 1. The molecule has 142 valence electrons. The third kappa shape index (κ3) is 5.34. The zero-order valence-electron chi connectivity index (χ0n) is 14.5. The van der Waals surface area contributed by atoms with E-state index in [0.717, 1.165) is 5.56 Å². The second kappa shape index (κ2) is 9.05. The predicted molar refractivity (Wildman–Crippen MR) is 103 cm³/mol. The van der Waals surface area contributed by atoms with Crippen LogP contribution in [0, 0.1) is 15.9 Å². The number of carbonyl (C=O) groups is 1. The van der Waals surface area contributed by atoms with Gasteiger partial charge in [-0.25, -0.2) is 4.39 Å². The molecule has 7 nitrogen and oxygen atoms in total. The molecule has 0 aliphatic carbocycles. The van der Waals surface area contributed by atoms with Crippen molar-refractivity contribution >= 4 is 23.4 Å². The number of rotatable bonds is 7. The molecule has 0 saturated carbocycles. The van der Waals surface area contributed by atoms with Crippen LogP contribution >= 0.6 is 11.8 Å². The molecule has 0 saturated heterocycles. The zero-order chi connectivity index (χ0) is 19.9. The topological polar surface area (TPSA) is 98.0 Å². The van der Waals surface area contributed by atoms with Crippen molar-refractivity contribution in [3.8, 4) is 11.3 Å². The lowest BCUT2D eigenvalue weighted by atomic mass is 10.1. The average molecular weight is 398 g/mol. The van der Waals surface area contributed by atoms with E-state index in [1.807, 2.05) is 0 Å². The molecule has 0 fully saturated rings. The lowest BCUT2D eigenvalue weighted by Gasteiger charge is -2.05. The molecule has 0 unspecified atom stereocenters. The Morgan fingerprint density at radius 3 is 2.57 bits per heavy atom. The number of nitrogens with zero attached hydrogens (tertiary/aromatic N) is 3. The number of hydrogen-bond acceptors (Lipinski definition) is 6. The molecule has 1 heterocycles. The van der Waals surface area contributed by atoms with Crippen LogP contribution in [0.1, 0.15) is 5.56 Å². The van der Waals surface area contributed by atoms with E-state index in [4.69, 9.17) is 0 Å². The molecule has 1 aromatic heterocycles. The molecular weight excluding hydrogens is 383 g/mol. The van der Waals surface area contributed by atoms with E-state index in [-0.39, 0.29) is 23.2 Å². The molecule has 0 atom stereocenters. The van der Waals surface area contributed by atoms with Gasteiger partial charge in [0.15, 0.2) is 0 Å². The van der Waals surface area contributed by atoms with Gasteiger partial charge in [0.1, 0.15) is 10.8 Å². The lowest BCUT2D eigenvalue weighted by Crippen LogP contribution is -2.24. The first kappa shape index (κ1) is 19.4. The summed E-state index contributed by atoms with van der Waals surface area (Å²) in [5, 5.41) is 22.3. The number of amides is 1. The first-order chi connectivity index (χ1) is 13.5. The van der Waals surface area contributed by atoms with Crippen LogP contribution in [-0.2, 0) is 11.3 Å². The number of nitrogens with one attached hydrogen (secondary N) is 1. The highest BCUT2D eigenvalue weighted by molar-refractivity contribution is 7.99. The molecule has 1 N–H and O–H groups in total. The smallest absolute Gasteiger partial charge is 0.270 e. The molecule has 0 bridgehead atoms. The SMILES string of the molecule is O=C(CSc1ccc(-c2cccc([N+](=O)[O-])c2)nn1)NCc1ccc(F)cc1. The van der Waals surface area contributed by atoms with Crippen molar-refractivity contribution in [2.75, 3.05) is 5.75 Å². The van der Waals surface area contributed by atoms with Gasteiger partial charge in [-0.1, -0.05) is 36.0 Å². The molecule has 3 rings (SSSR count). The number of nitro benzene ring substituents is 1. The minimum Gasteiger partial charge on any atom is -0.351 e. The van der Waals surface area contributed by atoms with Crippen molar-refractivity contribution in [1.29, 1.82) is 0 Å². The normalized spacial score (nSPS) is 10.5. The summed E-state index contributed by atoms with van der Waals surface area (Å²) in [6.07, 6.45) is 0. The van der Waals surface area contributed by atoms with Crippen LogP contribution in [0.5, 0.6) is 0 Å². The van der Waals surface area contributed by atoms with E-state index in [1.165, 1.54) is 36.0 Å². The van der Waals surface area contributed by atoms with Crippen molar-refractivity contribution in [3.63, 3.8) is 0 Å². The number of non-ortho nitro benzene ring substituents is 1. The summed E-state index contributed by atoms with van der Waals surface area (Å²) in [5.41, 5.74) is 1.89. The Kier molecular flexibility index (Phi) is 6.28. The van der Waals surface area contributed by atoms with Crippen LogP contribution in [-0.4, -0.2) is 26.8 Å². The van der Waals surface area contributed by atoms with Gasteiger partial charge in [-0.3, -0.25) is 14.9 Å². The molecule has 3 aromatic rings. The fourth-order valence-electron chi connectivity index (χ4n) is 2.32. The summed E-state index contributed by atoms with van der Waals surface area (Å²) in [6, 6.07) is 15.5. The van der Waals surface area contributed by atoms with Gasteiger partial charge in [0.25, 0.3) is 5.69 Å². The standard InChI is InChI=1S/C19H15FN4O3S/c20-15-6-4-13(5-7-15)11-21-18(25)12-28-19-9-8-17(22-23-19)14-2-1-3-16(10-14)24(26)27/h1-10H,11-12H2,(H,21,25). The second-order valence-corrected chi connectivity index (χ2v) is 6.75. The zero-order valence-corrected chi connectivity index (χ0v) is 15.4. The second-order valence-electron chi connectivity index (χ2n) is 5.76. The first-order valence-electron chi connectivity index (χ1n) is 8.24. The maximum atomic E-state index is 12.9. The Balaban J connectivity index is 1.52. The summed E-state index contributed by atoms with van der Waals surface area (Å²) in [7, 11) is 0. The fraction of sp³-hybridized carbons (Fsp3) is 0.105. The van der Waals surface area contributed by atoms with Crippen molar-refractivity contribution < 1.29 is 14.1 Å². The number of nitro groups is 1. The Bertz CT molecular complexity index is 981. The highest BCUT2D eigenvalue weighted by Gasteiger charge is 2.09. The maximum absolute atomic E-state index is 12.9. The van der Waals surface area contributed by atoms with E-state index in [0.29, 0.717) is 22.8 Å². The van der Waals surface area contributed by atoms with Gasteiger partial charge >= 0.3 is 0 Å². The Labute approximate surface area is 164 Å². The van der Waals surface area contributed by atoms with Gasteiger partial charge in [0.2, 0.25) is 5.91 Å². The van der Waals surface area contributed by atoms with Gasteiger partial charge in [-0.15, -0.1) is 10.2 Å². The molecule has 0 radical (unpaired) electrons. The molecule has 1 amide bonds. The molecule has 2 aromatic carbocycles. The lowest BCUT2D eigenvalue weighted by molar-refractivity contribution is -0.384. The van der Waals surface area contributed by atoms with Crippen molar-refractivity contribution in [3.05, 3.63) is 82.2 Å². The van der Waals surface area contributed by atoms with Gasteiger partial charge in [-0.05, 0) is 29.8 Å². The fourth-order valence-corrected chi connectivity index (χ4v) is 2.97. The molecule has 0 aliphatic heterocycles. The number of carbonyl (C=O) groups excluding carboxylic acids is 1. The Hall–Kier alpha value is -3.33. The van der Waals surface area contributed by atoms with Gasteiger partial charge < -0.3 is 5.32 Å². The van der Waals surface area contributed by atoms with Crippen LogP contribution < -0.4 is 5.32 Å². The van der Waals surface area contributed by atoms with E-state index in [1.54, 1.807) is 36.4 Å². The highest BCUT2D eigenvalue weighted by Crippen LogP contribution is 2.23. The van der Waals surface area contributed by atoms with E-state index in [9.17, 15) is 19.3 Å². The monoisotopic (exact) mass is 398 g/mol. The summed E-state index contributed by atoms with van der Waals surface area (Å²) in [6.45, 7) is 0.317. The van der Waals surface area contributed by atoms with Gasteiger partial charge in [0.05, 0.1) is 16.4 Å². The number of thioether (sulfide) groups is 1. The van der Waals surface area contributed by atoms with Gasteiger partial charge in [-0.2, -0.15) is 0 Å². The minimum atomic E-state index is -0.467. The summed E-state index contributed by atoms with van der Waals surface area (Å²) >= 11 is 1.22. The molecule has 0 spiro atoms. The molecule has 9 heteroatoms. The van der Waals surface area contributed by atoms with Crippen molar-refractivity contribution in [2.24, 2.45) is 0 Å². The maximum Gasteiger partial charge on any atom is 0.270 e. The van der Waals surface area contributed by atoms with Gasteiger partial charge in [0, 0.05) is 24.2 Å². The predicted octanol–water partition coefficient (Wildman–Crippen LogP) is 3.60. The van der Waals surface area contributed by atoms with Crippen LogP contribution in [0.2, 0.25) is 0 Å².